The molecule has 0 fully saturated rings. The number of amides is 1. The third kappa shape index (κ3) is 3.81. The standard InChI is InChI=1S/C12H18N2O2/c1-2-3-4-5-12(16)14-11-7-6-9(15)8-10(11)13/h6-8,15H,2-5,13H2,1H3,(H,14,16). The molecule has 0 aliphatic rings. The third-order valence-corrected chi connectivity index (χ3v) is 2.32. The topological polar surface area (TPSA) is 75.3 Å². The van der Waals surface area contributed by atoms with Gasteiger partial charge in [0.05, 0.1) is 11.4 Å². The van der Waals surface area contributed by atoms with Crippen LogP contribution in [0.4, 0.5) is 11.4 Å². The molecule has 1 aromatic rings. The molecule has 16 heavy (non-hydrogen) atoms. The number of nitrogens with two attached hydrogens (primary N) is 1. The summed E-state index contributed by atoms with van der Waals surface area (Å²) in [6.07, 6.45) is 3.54. The molecule has 0 aromatic heterocycles. The van der Waals surface area contributed by atoms with Gasteiger partial charge in [0.2, 0.25) is 5.91 Å². The quantitative estimate of drug-likeness (QED) is 0.407. The molecule has 0 bridgehead atoms. The molecule has 1 aromatic carbocycles. The number of hydrogen-bond acceptors (Lipinski definition) is 3. The van der Waals surface area contributed by atoms with Crippen LogP contribution in [-0.2, 0) is 4.79 Å². The van der Waals surface area contributed by atoms with Crippen LogP contribution < -0.4 is 11.1 Å². The van der Waals surface area contributed by atoms with Crippen molar-refractivity contribution >= 4 is 17.3 Å². The van der Waals surface area contributed by atoms with Crippen LogP contribution in [0, 0.1) is 0 Å². The molecule has 1 rings (SSSR count). The Morgan fingerprint density at radius 2 is 2.19 bits per heavy atom. The van der Waals surface area contributed by atoms with Crippen molar-refractivity contribution in [2.45, 2.75) is 32.6 Å². The molecule has 4 nitrogen and oxygen atoms in total. The number of nitrogen functional groups attached to an aromatic ring is 1. The van der Waals surface area contributed by atoms with E-state index in [1.807, 2.05) is 0 Å². The van der Waals surface area contributed by atoms with Gasteiger partial charge in [-0.3, -0.25) is 4.79 Å². The second-order valence-corrected chi connectivity index (χ2v) is 3.78. The first kappa shape index (κ1) is 12.4. The Morgan fingerprint density at radius 1 is 1.44 bits per heavy atom. The van der Waals surface area contributed by atoms with Crippen molar-refractivity contribution in [2.75, 3.05) is 11.1 Å². The highest BCUT2D eigenvalue weighted by Gasteiger charge is 2.05. The number of carbonyl (C=O) groups is 1. The lowest BCUT2D eigenvalue weighted by atomic mass is 10.2. The lowest BCUT2D eigenvalue weighted by Gasteiger charge is -2.08. The molecule has 0 spiro atoms. The molecule has 0 atom stereocenters. The van der Waals surface area contributed by atoms with Crippen LogP contribution in [0.3, 0.4) is 0 Å². The van der Waals surface area contributed by atoms with Crippen LogP contribution in [-0.4, -0.2) is 11.0 Å². The van der Waals surface area contributed by atoms with E-state index in [9.17, 15) is 4.79 Å². The van der Waals surface area contributed by atoms with Crippen molar-refractivity contribution < 1.29 is 9.90 Å². The van der Waals surface area contributed by atoms with Crippen molar-refractivity contribution in [2.24, 2.45) is 0 Å². The molecule has 0 aliphatic heterocycles. The van der Waals surface area contributed by atoms with E-state index in [4.69, 9.17) is 10.8 Å². The van der Waals surface area contributed by atoms with Gasteiger partial charge in [-0.05, 0) is 18.6 Å². The normalized spacial score (nSPS) is 10.1. The van der Waals surface area contributed by atoms with Gasteiger partial charge in [0, 0.05) is 12.5 Å². The Labute approximate surface area is 95.5 Å². The monoisotopic (exact) mass is 222 g/mol. The molecule has 88 valence electrons. The summed E-state index contributed by atoms with van der Waals surface area (Å²) in [6, 6.07) is 4.52. The second kappa shape index (κ2) is 6.00. The first-order valence-electron chi connectivity index (χ1n) is 5.52. The number of hydrogen-bond donors (Lipinski definition) is 3. The molecule has 0 radical (unpaired) electrons. The van der Waals surface area contributed by atoms with Crippen molar-refractivity contribution in [1.29, 1.82) is 0 Å². The smallest absolute Gasteiger partial charge is 0.224 e. The molecule has 1 amide bonds. The average Bonchev–Trinajstić information content (AvgIpc) is 2.23. The zero-order valence-electron chi connectivity index (χ0n) is 9.49. The molecular weight excluding hydrogens is 204 g/mol. The Hall–Kier alpha value is -1.71. The van der Waals surface area contributed by atoms with Crippen LogP contribution in [0.15, 0.2) is 18.2 Å². The fourth-order valence-electron chi connectivity index (χ4n) is 1.41. The maximum atomic E-state index is 11.5. The highest BCUT2D eigenvalue weighted by molar-refractivity contribution is 5.93. The molecule has 0 aliphatic carbocycles. The number of aromatic hydroxyl groups is 1. The highest BCUT2D eigenvalue weighted by Crippen LogP contribution is 2.23. The van der Waals surface area contributed by atoms with Gasteiger partial charge >= 0.3 is 0 Å². The van der Waals surface area contributed by atoms with Crippen molar-refractivity contribution in [3.8, 4) is 5.75 Å². The summed E-state index contributed by atoms with van der Waals surface area (Å²) in [5, 5.41) is 11.9. The van der Waals surface area contributed by atoms with E-state index in [2.05, 4.69) is 12.2 Å². The van der Waals surface area contributed by atoms with Gasteiger partial charge in [0.1, 0.15) is 5.75 Å². The Balaban J connectivity index is 2.49. The largest absolute Gasteiger partial charge is 0.508 e. The van der Waals surface area contributed by atoms with Gasteiger partial charge in [-0.15, -0.1) is 0 Å². The van der Waals surface area contributed by atoms with E-state index < -0.39 is 0 Å². The van der Waals surface area contributed by atoms with Crippen LogP contribution in [0.25, 0.3) is 0 Å². The first-order chi connectivity index (χ1) is 7.63. The molecule has 0 unspecified atom stereocenters. The number of phenols is 1. The molecular formula is C12H18N2O2. The second-order valence-electron chi connectivity index (χ2n) is 3.78. The van der Waals surface area contributed by atoms with E-state index in [0.717, 1.165) is 19.3 Å². The van der Waals surface area contributed by atoms with Crippen molar-refractivity contribution in [3.05, 3.63) is 18.2 Å². The van der Waals surface area contributed by atoms with E-state index >= 15 is 0 Å². The minimum Gasteiger partial charge on any atom is -0.508 e. The van der Waals surface area contributed by atoms with Crippen LogP contribution in [0.2, 0.25) is 0 Å². The zero-order chi connectivity index (χ0) is 12.0. The summed E-state index contributed by atoms with van der Waals surface area (Å²) < 4.78 is 0. The fraction of sp³-hybridized carbons (Fsp3) is 0.417. The summed E-state index contributed by atoms with van der Waals surface area (Å²) in [5.41, 5.74) is 6.58. The molecule has 0 saturated heterocycles. The van der Waals surface area contributed by atoms with Gasteiger partial charge in [0.25, 0.3) is 0 Å². The fourth-order valence-corrected chi connectivity index (χ4v) is 1.41. The van der Waals surface area contributed by atoms with Crippen LogP contribution in [0.1, 0.15) is 32.6 Å². The summed E-state index contributed by atoms with van der Waals surface area (Å²) >= 11 is 0. The highest BCUT2D eigenvalue weighted by atomic mass is 16.3. The zero-order valence-corrected chi connectivity index (χ0v) is 9.49. The van der Waals surface area contributed by atoms with Gasteiger partial charge < -0.3 is 16.2 Å². The van der Waals surface area contributed by atoms with Crippen molar-refractivity contribution in [1.82, 2.24) is 0 Å². The summed E-state index contributed by atoms with van der Waals surface area (Å²) in [5.74, 6) is 0.0623. The summed E-state index contributed by atoms with van der Waals surface area (Å²) in [7, 11) is 0. The summed E-state index contributed by atoms with van der Waals surface area (Å²) in [4.78, 5) is 11.5. The molecule has 4 N–H and O–H groups in total. The Bertz CT molecular complexity index is 364. The number of unbranched alkanes of at least 4 members (excludes halogenated alkanes) is 2. The van der Waals surface area contributed by atoms with Crippen LogP contribution >= 0.6 is 0 Å². The minimum absolute atomic E-state index is 0.0363. The Kier molecular flexibility index (Phi) is 4.64. The van der Waals surface area contributed by atoms with Gasteiger partial charge in [-0.25, -0.2) is 0 Å². The van der Waals surface area contributed by atoms with Crippen molar-refractivity contribution in [3.63, 3.8) is 0 Å². The van der Waals surface area contributed by atoms with Gasteiger partial charge in [-0.2, -0.15) is 0 Å². The number of nitrogens with one attached hydrogen (secondary N) is 1. The lowest BCUT2D eigenvalue weighted by molar-refractivity contribution is -0.116. The number of phenolic OH excluding ortho intramolecular Hbond substituents is 1. The van der Waals surface area contributed by atoms with Crippen LogP contribution in [0.5, 0.6) is 5.75 Å². The molecule has 0 heterocycles. The van der Waals surface area contributed by atoms with E-state index in [1.165, 1.54) is 12.1 Å². The molecule has 4 heteroatoms. The Morgan fingerprint density at radius 3 is 2.81 bits per heavy atom. The maximum absolute atomic E-state index is 11.5. The van der Waals surface area contributed by atoms with E-state index in [-0.39, 0.29) is 11.7 Å². The number of benzene rings is 1. The van der Waals surface area contributed by atoms with E-state index in [1.54, 1.807) is 6.07 Å². The predicted molar refractivity (Wildman–Crippen MR) is 65.3 cm³/mol. The van der Waals surface area contributed by atoms with Gasteiger partial charge in [0.15, 0.2) is 0 Å². The average molecular weight is 222 g/mol. The summed E-state index contributed by atoms with van der Waals surface area (Å²) in [6.45, 7) is 2.09. The lowest BCUT2D eigenvalue weighted by Crippen LogP contribution is -2.12. The third-order valence-electron chi connectivity index (χ3n) is 2.32. The first-order valence-corrected chi connectivity index (χ1v) is 5.52. The van der Waals surface area contributed by atoms with Gasteiger partial charge in [-0.1, -0.05) is 19.8 Å². The SMILES string of the molecule is CCCCCC(=O)Nc1ccc(O)cc1N. The number of carbonyl (C=O) groups excluding carboxylic acids is 1. The molecule has 0 saturated carbocycles. The maximum Gasteiger partial charge on any atom is 0.224 e. The van der Waals surface area contributed by atoms with E-state index in [0.29, 0.717) is 17.8 Å². The minimum atomic E-state index is -0.0363. The number of rotatable bonds is 5. The number of anilines is 2. The predicted octanol–water partition coefficient (Wildman–Crippen LogP) is 2.49.